The van der Waals surface area contributed by atoms with Gasteiger partial charge in [-0.2, -0.15) is 4.57 Å². The number of rotatable bonds is 2. The average Bonchev–Trinajstić information content (AvgIpc) is 3.05. The average molecular weight is 351 g/mol. The van der Waals surface area contributed by atoms with Crippen molar-refractivity contribution in [3.8, 4) is 16.9 Å². The number of para-hydroxylation sites is 1. The fourth-order valence-electron chi connectivity index (χ4n) is 4.46. The van der Waals surface area contributed by atoms with Crippen LogP contribution in [-0.2, 0) is 13.5 Å². The van der Waals surface area contributed by atoms with E-state index in [1.54, 1.807) is 0 Å². The van der Waals surface area contributed by atoms with Crippen molar-refractivity contribution in [1.82, 2.24) is 4.57 Å². The number of aromatic nitrogens is 2. The summed E-state index contributed by atoms with van der Waals surface area (Å²) in [6, 6.07) is 28.4. The van der Waals surface area contributed by atoms with Crippen LogP contribution < -0.4 is 4.57 Å². The molecule has 0 N–H and O–H groups in total. The molecule has 2 nitrogen and oxygen atoms in total. The van der Waals surface area contributed by atoms with Gasteiger partial charge in [-0.15, -0.1) is 0 Å². The van der Waals surface area contributed by atoms with E-state index in [1.165, 1.54) is 39.5 Å². The van der Waals surface area contributed by atoms with E-state index in [-0.39, 0.29) is 0 Å². The molecule has 0 radical (unpaired) electrons. The van der Waals surface area contributed by atoms with Crippen molar-refractivity contribution in [2.45, 2.75) is 19.3 Å². The fourth-order valence-corrected chi connectivity index (χ4v) is 4.46. The Labute approximate surface area is 160 Å². The highest BCUT2D eigenvalue weighted by Crippen LogP contribution is 2.40. The van der Waals surface area contributed by atoms with Crippen LogP contribution in [0.15, 0.2) is 85.1 Å². The Morgan fingerprint density at radius 3 is 2.26 bits per heavy atom. The fraction of sp³-hybridized carbons (Fsp3) is 0.160. The summed E-state index contributed by atoms with van der Waals surface area (Å²) in [6.07, 6.45) is 3.27. The molecule has 1 aliphatic rings. The first-order chi connectivity index (χ1) is 13.2. The van der Waals surface area contributed by atoms with E-state index in [9.17, 15) is 0 Å². The number of benzene rings is 3. The van der Waals surface area contributed by atoms with E-state index in [2.05, 4.69) is 108 Å². The van der Waals surface area contributed by atoms with Crippen molar-refractivity contribution in [3.63, 3.8) is 0 Å². The van der Waals surface area contributed by atoms with Gasteiger partial charge in [-0.3, -0.25) is 0 Å². The molecule has 2 heteroatoms. The Hall–Kier alpha value is -3.13. The smallest absolute Gasteiger partial charge is 0.236 e. The van der Waals surface area contributed by atoms with E-state index in [1.807, 2.05) is 0 Å². The van der Waals surface area contributed by atoms with Gasteiger partial charge >= 0.3 is 0 Å². The minimum atomic E-state index is 0.389. The van der Waals surface area contributed by atoms with Crippen molar-refractivity contribution in [3.05, 3.63) is 108 Å². The maximum Gasteiger partial charge on any atom is 0.262 e. The van der Waals surface area contributed by atoms with E-state index >= 15 is 0 Å². The molecular formula is C25H23N2+. The Morgan fingerprint density at radius 1 is 0.815 bits per heavy atom. The summed E-state index contributed by atoms with van der Waals surface area (Å²) >= 11 is 0. The van der Waals surface area contributed by atoms with Crippen LogP contribution in [0.4, 0.5) is 0 Å². The molecule has 4 aromatic rings. The van der Waals surface area contributed by atoms with Crippen LogP contribution in [-0.4, -0.2) is 4.57 Å². The minimum absolute atomic E-state index is 0.389. The topological polar surface area (TPSA) is 8.81 Å². The number of hydrogen-bond acceptors (Lipinski definition) is 0. The lowest BCUT2D eigenvalue weighted by atomic mass is 9.83. The molecule has 0 saturated heterocycles. The molecule has 0 spiro atoms. The van der Waals surface area contributed by atoms with Gasteiger partial charge in [-0.1, -0.05) is 72.8 Å². The minimum Gasteiger partial charge on any atom is -0.236 e. The van der Waals surface area contributed by atoms with Crippen molar-refractivity contribution >= 4 is 0 Å². The van der Waals surface area contributed by atoms with Gasteiger partial charge in [-0.25, -0.2) is 4.57 Å². The lowest BCUT2D eigenvalue weighted by molar-refractivity contribution is -0.678. The largest absolute Gasteiger partial charge is 0.262 e. The van der Waals surface area contributed by atoms with E-state index in [0.717, 1.165) is 6.42 Å². The van der Waals surface area contributed by atoms with E-state index < -0.39 is 0 Å². The van der Waals surface area contributed by atoms with Gasteiger partial charge in [0.05, 0.1) is 13.5 Å². The summed E-state index contributed by atoms with van der Waals surface area (Å²) in [5.74, 6) is 1.74. The van der Waals surface area contributed by atoms with Crippen LogP contribution in [0.25, 0.3) is 16.9 Å². The molecule has 0 bridgehead atoms. The summed E-state index contributed by atoms with van der Waals surface area (Å²) in [4.78, 5) is 0. The second-order valence-electron chi connectivity index (χ2n) is 7.42. The molecule has 5 rings (SSSR count). The van der Waals surface area contributed by atoms with Gasteiger partial charge < -0.3 is 0 Å². The molecule has 0 saturated carbocycles. The monoisotopic (exact) mass is 351 g/mol. The molecule has 0 fully saturated rings. The number of fused-ring (bicyclic) bond motifs is 3. The molecule has 1 aromatic heterocycles. The molecular weight excluding hydrogens is 328 g/mol. The first kappa shape index (κ1) is 16.1. The first-order valence-electron chi connectivity index (χ1n) is 9.54. The van der Waals surface area contributed by atoms with Crippen LogP contribution in [0.2, 0.25) is 0 Å². The summed E-state index contributed by atoms with van der Waals surface area (Å²) in [5, 5.41) is 0. The number of nitrogens with zero attached hydrogens (tertiary/aromatic N) is 2. The number of aryl methyl sites for hydroxylation is 2. The predicted octanol–water partition coefficient (Wildman–Crippen LogP) is 4.97. The molecule has 0 amide bonds. The molecule has 2 heterocycles. The molecule has 1 unspecified atom stereocenters. The van der Waals surface area contributed by atoms with Crippen LogP contribution in [0.5, 0.6) is 0 Å². The summed E-state index contributed by atoms with van der Waals surface area (Å²) in [5.41, 5.74) is 8.01. The maximum atomic E-state index is 2.44. The normalized spacial score (nSPS) is 15.3. The zero-order valence-electron chi connectivity index (χ0n) is 15.8. The Morgan fingerprint density at radius 2 is 1.48 bits per heavy atom. The first-order valence-corrected chi connectivity index (χ1v) is 9.54. The Balaban J connectivity index is 1.75. The second kappa shape index (κ2) is 6.24. The van der Waals surface area contributed by atoms with Crippen LogP contribution >= 0.6 is 0 Å². The van der Waals surface area contributed by atoms with Gasteiger partial charge in [0, 0.05) is 17.0 Å². The van der Waals surface area contributed by atoms with Gasteiger partial charge in [0.25, 0.3) is 5.82 Å². The molecule has 3 aromatic carbocycles. The molecule has 27 heavy (non-hydrogen) atoms. The Kier molecular flexibility index (Phi) is 3.71. The van der Waals surface area contributed by atoms with Crippen molar-refractivity contribution in [2.75, 3.05) is 0 Å². The highest BCUT2D eigenvalue weighted by atomic mass is 15.2. The predicted molar refractivity (Wildman–Crippen MR) is 109 cm³/mol. The van der Waals surface area contributed by atoms with Crippen molar-refractivity contribution < 1.29 is 4.57 Å². The summed E-state index contributed by atoms with van der Waals surface area (Å²) in [7, 11) is 2.17. The third-order valence-corrected chi connectivity index (χ3v) is 5.80. The van der Waals surface area contributed by atoms with E-state index in [4.69, 9.17) is 0 Å². The van der Waals surface area contributed by atoms with Gasteiger partial charge in [-0.05, 0) is 24.1 Å². The summed E-state index contributed by atoms with van der Waals surface area (Å²) in [6.45, 7) is 2.22. The standard InChI is InChI=1S/C25H23N2/c1-18-10-6-7-13-20(18)22-16-25-26(2)17-24(19-11-4-3-5-12-19)27(25)23-15-9-8-14-21(22)23/h3-15,17,22H,16H2,1-2H3/q+1. The third-order valence-electron chi connectivity index (χ3n) is 5.80. The van der Waals surface area contributed by atoms with Crippen LogP contribution in [0.3, 0.4) is 0 Å². The zero-order valence-corrected chi connectivity index (χ0v) is 15.8. The van der Waals surface area contributed by atoms with Gasteiger partial charge in [0.2, 0.25) is 0 Å². The third kappa shape index (κ3) is 2.52. The molecule has 0 aliphatic carbocycles. The second-order valence-corrected chi connectivity index (χ2v) is 7.42. The van der Waals surface area contributed by atoms with Crippen LogP contribution in [0, 0.1) is 6.92 Å². The molecule has 1 atom stereocenters. The lowest BCUT2D eigenvalue weighted by Gasteiger charge is -2.25. The van der Waals surface area contributed by atoms with Crippen molar-refractivity contribution in [1.29, 1.82) is 0 Å². The van der Waals surface area contributed by atoms with Gasteiger partial charge in [0.1, 0.15) is 11.9 Å². The summed E-state index contributed by atoms with van der Waals surface area (Å²) < 4.78 is 4.74. The molecule has 132 valence electrons. The quantitative estimate of drug-likeness (QED) is 0.451. The molecule has 1 aliphatic heterocycles. The highest BCUT2D eigenvalue weighted by Gasteiger charge is 2.36. The lowest BCUT2D eigenvalue weighted by Crippen LogP contribution is -2.35. The number of hydrogen-bond donors (Lipinski definition) is 0. The highest BCUT2D eigenvalue weighted by molar-refractivity contribution is 5.64. The van der Waals surface area contributed by atoms with Crippen molar-refractivity contribution in [2.24, 2.45) is 7.05 Å². The van der Waals surface area contributed by atoms with Crippen LogP contribution in [0.1, 0.15) is 28.4 Å². The van der Waals surface area contributed by atoms with Gasteiger partial charge in [0.15, 0.2) is 5.69 Å². The SMILES string of the molecule is Cc1ccccc1C1Cc2n(c(-c3ccccc3)c[n+]2C)-c2ccccc21. The zero-order chi connectivity index (χ0) is 18.4. The maximum absolute atomic E-state index is 2.44. The van der Waals surface area contributed by atoms with E-state index in [0.29, 0.717) is 5.92 Å². The Bertz CT molecular complexity index is 1120. The number of imidazole rings is 1.